The maximum atomic E-state index is 12.9. The first-order chi connectivity index (χ1) is 10.5. The minimum absolute atomic E-state index is 0.00201. The van der Waals surface area contributed by atoms with Gasteiger partial charge in [-0.1, -0.05) is 12.8 Å². The number of rotatable bonds is 3. The third-order valence-corrected chi connectivity index (χ3v) is 6.37. The van der Waals surface area contributed by atoms with Crippen LogP contribution in [0.25, 0.3) is 0 Å². The van der Waals surface area contributed by atoms with Crippen molar-refractivity contribution in [3.63, 3.8) is 0 Å². The van der Waals surface area contributed by atoms with E-state index in [1.165, 1.54) is 24.3 Å². The first kappa shape index (κ1) is 15.5. The molecule has 6 nitrogen and oxygen atoms in total. The van der Waals surface area contributed by atoms with E-state index in [1.54, 1.807) is 4.31 Å². The van der Waals surface area contributed by atoms with Gasteiger partial charge in [-0.3, -0.25) is 4.79 Å². The second-order valence-electron chi connectivity index (χ2n) is 5.77. The van der Waals surface area contributed by atoms with Crippen molar-refractivity contribution < 1.29 is 17.9 Å². The fraction of sp³-hybridized carbons (Fsp3) is 0.533. The summed E-state index contributed by atoms with van der Waals surface area (Å²) in [5.74, 6) is -0.567. The quantitative estimate of drug-likeness (QED) is 0.902. The number of benzene rings is 1. The number of hydrogen-bond acceptors (Lipinski definition) is 4. The van der Waals surface area contributed by atoms with Crippen LogP contribution >= 0.6 is 0 Å². The van der Waals surface area contributed by atoms with Crippen LogP contribution < -0.4 is 5.73 Å². The van der Waals surface area contributed by atoms with Gasteiger partial charge in [0, 0.05) is 12.1 Å². The smallest absolute Gasteiger partial charge is 0.248 e. The second kappa shape index (κ2) is 5.98. The number of fused-ring (bicyclic) bond motifs is 1. The highest BCUT2D eigenvalue weighted by molar-refractivity contribution is 7.89. The highest BCUT2D eigenvalue weighted by atomic mass is 32.2. The van der Waals surface area contributed by atoms with Crippen molar-refractivity contribution >= 4 is 15.9 Å². The third kappa shape index (κ3) is 2.76. The molecule has 1 heterocycles. The standard InChI is InChI=1S/C15H20N2O4S/c16-15(18)11-5-7-12(8-6-11)22(19,20)17-9-10-21-14-4-2-1-3-13(14)17/h5-8,13-14H,1-4,9-10H2,(H2,16,18). The number of ether oxygens (including phenoxy) is 1. The molecule has 2 N–H and O–H groups in total. The van der Waals surface area contributed by atoms with Crippen molar-refractivity contribution in [3.05, 3.63) is 29.8 Å². The third-order valence-electron chi connectivity index (χ3n) is 4.43. The number of nitrogens with zero attached hydrogens (tertiary/aromatic N) is 1. The highest BCUT2D eigenvalue weighted by Crippen LogP contribution is 2.32. The van der Waals surface area contributed by atoms with Gasteiger partial charge >= 0.3 is 0 Å². The summed E-state index contributed by atoms with van der Waals surface area (Å²) in [6.07, 6.45) is 3.86. The lowest BCUT2D eigenvalue weighted by atomic mass is 9.91. The van der Waals surface area contributed by atoms with Crippen LogP contribution in [0.1, 0.15) is 36.0 Å². The zero-order chi connectivity index (χ0) is 15.7. The molecular weight excluding hydrogens is 304 g/mol. The van der Waals surface area contributed by atoms with E-state index in [4.69, 9.17) is 10.5 Å². The average molecular weight is 324 g/mol. The van der Waals surface area contributed by atoms with Gasteiger partial charge in [-0.2, -0.15) is 4.31 Å². The summed E-state index contributed by atoms with van der Waals surface area (Å²) in [7, 11) is -3.57. The van der Waals surface area contributed by atoms with E-state index in [0.717, 1.165) is 25.7 Å². The molecule has 1 amide bonds. The normalized spacial score (nSPS) is 26.4. The van der Waals surface area contributed by atoms with Crippen LogP contribution in [0.15, 0.2) is 29.2 Å². The summed E-state index contributed by atoms with van der Waals surface area (Å²) in [6, 6.07) is 5.72. The van der Waals surface area contributed by atoms with Crippen molar-refractivity contribution in [2.45, 2.75) is 42.7 Å². The van der Waals surface area contributed by atoms with Gasteiger partial charge in [0.15, 0.2) is 0 Å². The molecule has 120 valence electrons. The number of primary amides is 1. The fourth-order valence-electron chi connectivity index (χ4n) is 3.29. The molecular formula is C15H20N2O4S. The molecule has 1 aliphatic carbocycles. The summed E-state index contributed by atoms with van der Waals surface area (Å²) in [4.78, 5) is 11.3. The Hall–Kier alpha value is -1.44. The molecule has 2 fully saturated rings. The van der Waals surface area contributed by atoms with E-state index >= 15 is 0 Å². The van der Waals surface area contributed by atoms with Crippen LogP contribution in [0.2, 0.25) is 0 Å². The number of nitrogens with two attached hydrogens (primary N) is 1. The summed E-state index contributed by atoms with van der Waals surface area (Å²) in [5.41, 5.74) is 5.49. The monoisotopic (exact) mass is 324 g/mol. The van der Waals surface area contributed by atoms with Crippen LogP contribution in [-0.2, 0) is 14.8 Å². The highest BCUT2D eigenvalue weighted by Gasteiger charge is 2.40. The van der Waals surface area contributed by atoms with Crippen molar-refractivity contribution in [2.24, 2.45) is 5.73 Å². The molecule has 1 aromatic rings. The van der Waals surface area contributed by atoms with Gasteiger partial charge in [-0.25, -0.2) is 8.42 Å². The predicted molar refractivity (Wildman–Crippen MR) is 80.8 cm³/mol. The maximum absolute atomic E-state index is 12.9. The summed E-state index contributed by atoms with van der Waals surface area (Å²) >= 11 is 0. The van der Waals surface area contributed by atoms with E-state index < -0.39 is 15.9 Å². The molecule has 3 rings (SSSR count). The van der Waals surface area contributed by atoms with Gasteiger partial charge in [0.05, 0.1) is 23.6 Å². The molecule has 7 heteroatoms. The number of morpholine rings is 1. The molecule has 2 atom stereocenters. The van der Waals surface area contributed by atoms with E-state index in [1.807, 2.05) is 0 Å². The summed E-state index contributed by atoms with van der Waals surface area (Å²) in [6.45, 7) is 0.806. The van der Waals surface area contributed by atoms with E-state index in [2.05, 4.69) is 0 Å². The first-order valence-electron chi connectivity index (χ1n) is 7.53. The zero-order valence-corrected chi connectivity index (χ0v) is 13.1. The molecule has 0 spiro atoms. The van der Waals surface area contributed by atoms with Crippen LogP contribution in [-0.4, -0.2) is 43.9 Å². The Labute approximate surface area is 130 Å². The molecule has 1 saturated heterocycles. The van der Waals surface area contributed by atoms with Gasteiger partial charge in [-0.05, 0) is 37.1 Å². The number of amides is 1. The lowest BCUT2D eigenvalue weighted by molar-refractivity contribution is -0.0586. The number of sulfonamides is 1. The molecule has 0 aromatic heterocycles. The van der Waals surface area contributed by atoms with Crippen LogP contribution in [0.3, 0.4) is 0 Å². The molecule has 2 unspecified atom stereocenters. The Morgan fingerprint density at radius 3 is 2.55 bits per heavy atom. The molecule has 1 aromatic carbocycles. The molecule has 2 aliphatic rings. The van der Waals surface area contributed by atoms with Gasteiger partial charge in [-0.15, -0.1) is 0 Å². The Kier molecular flexibility index (Phi) is 4.20. The largest absolute Gasteiger partial charge is 0.375 e. The van der Waals surface area contributed by atoms with Crippen molar-refractivity contribution in [3.8, 4) is 0 Å². The fourth-order valence-corrected chi connectivity index (χ4v) is 4.95. The molecule has 22 heavy (non-hydrogen) atoms. The van der Waals surface area contributed by atoms with Gasteiger partial charge in [0.2, 0.25) is 15.9 Å². The predicted octanol–water partition coefficient (Wildman–Crippen LogP) is 1.12. The van der Waals surface area contributed by atoms with Crippen LogP contribution in [0.5, 0.6) is 0 Å². The minimum Gasteiger partial charge on any atom is -0.375 e. The molecule has 0 bridgehead atoms. The van der Waals surface area contributed by atoms with E-state index in [-0.39, 0.29) is 17.0 Å². The first-order valence-corrected chi connectivity index (χ1v) is 8.97. The lowest BCUT2D eigenvalue weighted by Crippen LogP contribution is -2.54. The second-order valence-corrected chi connectivity index (χ2v) is 7.66. The van der Waals surface area contributed by atoms with Crippen LogP contribution in [0, 0.1) is 0 Å². The number of hydrogen-bond donors (Lipinski definition) is 1. The lowest BCUT2D eigenvalue weighted by Gasteiger charge is -2.42. The number of carbonyl (C=O) groups excluding carboxylic acids is 1. The van der Waals surface area contributed by atoms with Gasteiger partial charge in [0.1, 0.15) is 0 Å². The summed E-state index contributed by atoms with van der Waals surface area (Å²) < 4.78 is 33.1. The SMILES string of the molecule is NC(=O)c1ccc(S(=O)(=O)N2CCOC3CCCCC32)cc1. The maximum Gasteiger partial charge on any atom is 0.248 e. The topological polar surface area (TPSA) is 89.7 Å². The average Bonchev–Trinajstić information content (AvgIpc) is 2.54. The van der Waals surface area contributed by atoms with Gasteiger partial charge in [0.25, 0.3) is 0 Å². The summed E-state index contributed by atoms with van der Waals surface area (Å²) in [5, 5.41) is 0. The Morgan fingerprint density at radius 1 is 1.18 bits per heavy atom. The minimum atomic E-state index is -3.57. The van der Waals surface area contributed by atoms with Crippen molar-refractivity contribution in [2.75, 3.05) is 13.2 Å². The molecule has 1 saturated carbocycles. The Morgan fingerprint density at radius 2 is 1.86 bits per heavy atom. The Balaban J connectivity index is 1.89. The van der Waals surface area contributed by atoms with E-state index in [0.29, 0.717) is 18.7 Å². The number of carbonyl (C=O) groups is 1. The van der Waals surface area contributed by atoms with Crippen LogP contribution in [0.4, 0.5) is 0 Å². The zero-order valence-electron chi connectivity index (χ0n) is 12.3. The molecule has 0 radical (unpaired) electrons. The van der Waals surface area contributed by atoms with E-state index in [9.17, 15) is 13.2 Å². The van der Waals surface area contributed by atoms with Crippen molar-refractivity contribution in [1.82, 2.24) is 4.31 Å². The van der Waals surface area contributed by atoms with Gasteiger partial charge < -0.3 is 10.5 Å². The van der Waals surface area contributed by atoms with Crippen molar-refractivity contribution in [1.29, 1.82) is 0 Å². The Bertz CT molecular complexity index is 655. The molecule has 1 aliphatic heterocycles.